The van der Waals surface area contributed by atoms with Gasteiger partial charge in [-0.2, -0.15) is 0 Å². The quantitative estimate of drug-likeness (QED) is 0.476. The zero-order chi connectivity index (χ0) is 9.19. The lowest BCUT2D eigenvalue weighted by atomic mass is 9.97. The van der Waals surface area contributed by atoms with Crippen molar-refractivity contribution in [3.8, 4) is 0 Å². The van der Waals surface area contributed by atoms with Crippen LogP contribution in [0.3, 0.4) is 0 Å². The second kappa shape index (κ2) is 3.44. The summed E-state index contributed by atoms with van der Waals surface area (Å²) in [6.45, 7) is 6.86. The van der Waals surface area contributed by atoms with Crippen LogP contribution in [0.4, 0.5) is 0 Å². The average Bonchev–Trinajstić information content (AvgIpc) is 2.69. The van der Waals surface area contributed by atoms with Crippen LogP contribution >= 0.6 is 0 Å². The standard InChI is InChI=1S/C9H16O3/c1-9(2,3)8(10)11-5-4-7-6-12-7/h7H,4-6H2,1-3H3. The molecule has 12 heavy (non-hydrogen) atoms. The van der Waals surface area contributed by atoms with E-state index in [1.54, 1.807) is 0 Å². The fourth-order valence-corrected chi connectivity index (χ4v) is 0.734. The van der Waals surface area contributed by atoms with Gasteiger partial charge in [-0.15, -0.1) is 0 Å². The van der Waals surface area contributed by atoms with E-state index in [0.29, 0.717) is 12.7 Å². The van der Waals surface area contributed by atoms with Crippen LogP contribution in [-0.2, 0) is 14.3 Å². The molecular weight excluding hydrogens is 156 g/mol. The molecule has 70 valence electrons. The SMILES string of the molecule is CC(C)(C)C(=O)OCCC1CO1. The highest BCUT2D eigenvalue weighted by atomic mass is 16.6. The van der Waals surface area contributed by atoms with Crippen LogP contribution in [0.25, 0.3) is 0 Å². The molecule has 1 aliphatic heterocycles. The summed E-state index contributed by atoms with van der Waals surface area (Å²) in [4.78, 5) is 11.2. The number of carbonyl (C=O) groups excluding carboxylic acids is 1. The maximum absolute atomic E-state index is 11.2. The van der Waals surface area contributed by atoms with Gasteiger partial charge in [-0.25, -0.2) is 0 Å². The molecule has 3 heteroatoms. The van der Waals surface area contributed by atoms with Crippen molar-refractivity contribution in [2.45, 2.75) is 33.3 Å². The summed E-state index contributed by atoms with van der Waals surface area (Å²) in [5, 5.41) is 0. The molecule has 0 aromatic rings. The van der Waals surface area contributed by atoms with Gasteiger partial charge >= 0.3 is 5.97 Å². The van der Waals surface area contributed by atoms with E-state index in [-0.39, 0.29) is 11.4 Å². The lowest BCUT2D eigenvalue weighted by molar-refractivity contribution is -0.153. The van der Waals surface area contributed by atoms with Gasteiger partial charge in [0.1, 0.15) is 0 Å². The van der Waals surface area contributed by atoms with E-state index in [9.17, 15) is 4.79 Å². The third kappa shape index (κ3) is 3.22. The molecule has 0 aromatic carbocycles. The van der Waals surface area contributed by atoms with Gasteiger partial charge in [0.15, 0.2) is 0 Å². The molecule has 1 rings (SSSR count). The average molecular weight is 172 g/mol. The van der Waals surface area contributed by atoms with Crippen molar-refractivity contribution in [2.24, 2.45) is 5.41 Å². The summed E-state index contributed by atoms with van der Waals surface area (Å²) < 4.78 is 10.0. The van der Waals surface area contributed by atoms with Gasteiger partial charge in [0.2, 0.25) is 0 Å². The molecule has 0 radical (unpaired) electrons. The molecule has 1 aliphatic rings. The molecule has 1 fully saturated rings. The predicted molar refractivity (Wildman–Crippen MR) is 44.8 cm³/mol. The Bertz CT molecular complexity index is 165. The largest absolute Gasteiger partial charge is 0.465 e. The van der Waals surface area contributed by atoms with E-state index in [0.717, 1.165) is 13.0 Å². The molecule has 3 nitrogen and oxygen atoms in total. The minimum absolute atomic E-state index is 0.136. The summed E-state index contributed by atoms with van der Waals surface area (Å²) in [6.07, 6.45) is 1.18. The van der Waals surface area contributed by atoms with Crippen molar-refractivity contribution in [3.63, 3.8) is 0 Å². The molecule has 0 aromatic heterocycles. The second-order valence-electron chi connectivity index (χ2n) is 4.13. The van der Waals surface area contributed by atoms with Crippen LogP contribution in [-0.4, -0.2) is 25.3 Å². The van der Waals surface area contributed by atoms with Gasteiger partial charge in [0, 0.05) is 6.42 Å². The number of hydrogen-bond donors (Lipinski definition) is 0. The minimum Gasteiger partial charge on any atom is -0.465 e. The van der Waals surface area contributed by atoms with E-state index < -0.39 is 0 Å². The second-order valence-corrected chi connectivity index (χ2v) is 4.13. The van der Waals surface area contributed by atoms with Gasteiger partial charge in [0.05, 0.1) is 24.7 Å². The minimum atomic E-state index is -0.385. The van der Waals surface area contributed by atoms with Crippen molar-refractivity contribution in [2.75, 3.05) is 13.2 Å². The van der Waals surface area contributed by atoms with E-state index in [1.807, 2.05) is 20.8 Å². The van der Waals surface area contributed by atoms with Crippen molar-refractivity contribution < 1.29 is 14.3 Å². The first-order chi connectivity index (χ1) is 5.50. The van der Waals surface area contributed by atoms with E-state index in [4.69, 9.17) is 9.47 Å². The topological polar surface area (TPSA) is 38.8 Å². The summed E-state index contributed by atoms with van der Waals surface area (Å²) >= 11 is 0. The zero-order valence-electron chi connectivity index (χ0n) is 7.92. The van der Waals surface area contributed by atoms with Crippen molar-refractivity contribution >= 4 is 5.97 Å². The highest BCUT2D eigenvalue weighted by Gasteiger charge is 2.25. The van der Waals surface area contributed by atoms with Gasteiger partial charge in [-0.3, -0.25) is 4.79 Å². The third-order valence-corrected chi connectivity index (χ3v) is 1.69. The smallest absolute Gasteiger partial charge is 0.311 e. The van der Waals surface area contributed by atoms with Gasteiger partial charge in [-0.05, 0) is 20.8 Å². The lowest BCUT2D eigenvalue weighted by Crippen LogP contribution is -2.23. The first-order valence-electron chi connectivity index (χ1n) is 4.29. The van der Waals surface area contributed by atoms with Crippen molar-refractivity contribution in [3.05, 3.63) is 0 Å². The number of carbonyl (C=O) groups is 1. The Morgan fingerprint density at radius 1 is 1.58 bits per heavy atom. The van der Waals surface area contributed by atoms with Crippen molar-refractivity contribution in [1.82, 2.24) is 0 Å². The van der Waals surface area contributed by atoms with Crippen LogP contribution in [0.1, 0.15) is 27.2 Å². The van der Waals surface area contributed by atoms with Crippen LogP contribution in [0.5, 0.6) is 0 Å². The Kier molecular flexibility index (Phi) is 2.73. The molecule has 0 saturated carbocycles. The molecule has 1 heterocycles. The summed E-state index contributed by atoms with van der Waals surface area (Å²) in [5.74, 6) is -0.136. The molecule has 0 aliphatic carbocycles. The molecule has 0 bridgehead atoms. The molecule has 1 atom stereocenters. The van der Waals surface area contributed by atoms with Crippen LogP contribution < -0.4 is 0 Å². The number of epoxide rings is 1. The highest BCUT2D eigenvalue weighted by Crippen LogP contribution is 2.17. The van der Waals surface area contributed by atoms with Crippen LogP contribution in [0, 0.1) is 5.41 Å². The number of rotatable bonds is 3. The third-order valence-electron chi connectivity index (χ3n) is 1.69. The summed E-state index contributed by atoms with van der Waals surface area (Å²) in [7, 11) is 0. The monoisotopic (exact) mass is 172 g/mol. The Balaban J connectivity index is 2.08. The molecule has 0 spiro atoms. The van der Waals surface area contributed by atoms with Gasteiger partial charge < -0.3 is 9.47 Å². The molecule has 1 saturated heterocycles. The number of hydrogen-bond acceptors (Lipinski definition) is 3. The first-order valence-corrected chi connectivity index (χ1v) is 4.29. The van der Waals surface area contributed by atoms with Gasteiger partial charge in [-0.1, -0.05) is 0 Å². The van der Waals surface area contributed by atoms with Crippen molar-refractivity contribution in [1.29, 1.82) is 0 Å². The summed E-state index contributed by atoms with van der Waals surface area (Å²) in [6, 6.07) is 0. The summed E-state index contributed by atoms with van der Waals surface area (Å²) in [5.41, 5.74) is -0.385. The fourth-order valence-electron chi connectivity index (χ4n) is 0.734. The highest BCUT2D eigenvalue weighted by molar-refractivity contribution is 5.75. The van der Waals surface area contributed by atoms with Crippen LogP contribution in [0.15, 0.2) is 0 Å². The maximum atomic E-state index is 11.2. The molecule has 0 N–H and O–H groups in total. The lowest BCUT2D eigenvalue weighted by Gasteiger charge is -2.15. The molecule has 0 amide bonds. The predicted octanol–water partition coefficient (Wildman–Crippen LogP) is 1.36. The Morgan fingerprint density at radius 3 is 2.58 bits per heavy atom. The van der Waals surface area contributed by atoms with Gasteiger partial charge in [0.25, 0.3) is 0 Å². The Hall–Kier alpha value is -0.570. The maximum Gasteiger partial charge on any atom is 0.311 e. The number of esters is 1. The Labute approximate surface area is 73.0 Å². The van der Waals surface area contributed by atoms with Crippen LogP contribution in [0.2, 0.25) is 0 Å². The van der Waals surface area contributed by atoms with E-state index in [2.05, 4.69) is 0 Å². The first kappa shape index (κ1) is 9.52. The van der Waals surface area contributed by atoms with E-state index >= 15 is 0 Å². The fraction of sp³-hybridized carbons (Fsp3) is 0.889. The Morgan fingerprint density at radius 2 is 2.17 bits per heavy atom. The normalized spacial score (nSPS) is 22.1. The molecular formula is C9H16O3. The van der Waals surface area contributed by atoms with E-state index in [1.165, 1.54) is 0 Å². The number of ether oxygens (including phenoxy) is 2. The molecule has 1 unspecified atom stereocenters. The zero-order valence-corrected chi connectivity index (χ0v) is 7.92.